The predicted octanol–water partition coefficient (Wildman–Crippen LogP) is 0.0401. The van der Waals surface area contributed by atoms with Crippen LogP contribution in [0.1, 0.15) is 0 Å². The summed E-state index contributed by atoms with van der Waals surface area (Å²) in [7, 11) is -0.370. The summed E-state index contributed by atoms with van der Waals surface area (Å²) in [5.41, 5.74) is 2.70. The van der Waals surface area contributed by atoms with Crippen LogP contribution in [0.3, 0.4) is 0 Å². The van der Waals surface area contributed by atoms with Crippen molar-refractivity contribution in [2.75, 3.05) is 14.1 Å². The summed E-state index contributed by atoms with van der Waals surface area (Å²) in [6.07, 6.45) is 0. The van der Waals surface area contributed by atoms with Crippen molar-refractivity contribution in [2.24, 2.45) is 0 Å². The van der Waals surface area contributed by atoms with Crippen molar-refractivity contribution >= 4 is 33.4 Å². The Kier molecular flexibility index (Phi) is 3.47. The minimum Gasteiger partial charge on any atom is -0.267 e. The van der Waals surface area contributed by atoms with Crippen molar-refractivity contribution in [1.82, 2.24) is 15.2 Å². The van der Waals surface area contributed by atoms with Gasteiger partial charge in [0.05, 0.1) is 0 Å². The Morgan fingerprint density at radius 2 is 2.23 bits per heavy atom. The number of hydrogen-bond acceptors (Lipinski definition) is 5. The third kappa shape index (κ3) is 2.10. The van der Waals surface area contributed by atoms with Crippen LogP contribution in [0.4, 0.5) is 0 Å². The van der Waals surface area contributed by atoms with Gasteiger partial charge in [-0.1, -0.05) is 23.4 Å². The Labute approximate surface area is 86.5 Å². The highest BCUT2D eigenvalue weighted by atomic mass is 35.5. The van der Waals surface area contributed by atoms with Gasteiger partial charge in [-0.15, -0.1) is 0 Å². The lowest BCUT2D eigenvalue weighted by molar-refractivity contribution is 0.317. The van der Waals surface area contributed by atoms with E-state index in [1.54, 1.807) is 12.5 Å². The zero-order valence-electron chi connectivity index (χ0n) is 7.11. The maximum atomic E-state index is 11.4. The molecule has 0 amide bonds. The average Bonchev–Trinajstić information content (AvgIpc) is 2.47. The lowest BCUT2D eigenvalue weighted by Crippen LogP contribution is -2.45. The second-order valence-electron chi connectivity index (χ2n) is 2.23. The smallest absolute Gasteiger partial charge is 0.244 e. The van der Waals surface area contributed by atoms with E-state index in [0.717, 1.165) is 11.8 Å². The fourth-order valence-corrected chi connectivity index (χ4v) is 3.73. The standard InChI is InChI=1S/C5H10ClN3O2S2/c1-7-9-4(6)3-12-5(9)13(10,11)8-2/h3,5,7-8H,1-2H3. The van der Waals surface area contributed by atoms with Crippen molar-refractivity contribution in [1.29, 1.82) is 0 Å². The fraction of sp³-hybridized carbons (Fsp3) is 0.600. The van der Waals surface area contributed by atoms with Crippen molar-refractivity contribution in [3.05, 3.63) is 10.6 Å². The molecule has 5 nitrogen and oxygen atoms in total. The molecule has 0 radical (unpaired) electrons. The molecule has 8 heteroatoms. The van der Waals surface area contributed by atoms with E-state index in [0.29, 0.717) is 5.16 Å². The Bertz CT molecular complexity index is 316. The Hall–Kier alpha value is 0.0500. The first-order valence-corrected chi connectivity index (χ1v) is 6.29. The van der Waals surface area contributed by atoms with Gasteiger partial charge >= 0.3 is 0 Å². The quantitative estimate of drug-likeness (QED) is 0.686. The number of sulfonamides is 1. The lowest BCUT2D eigenvalue weighted by atomic mass is 10.9. The molecular weight excluding hydrogens is 234 g/mol. The van der Waals surface area contributed by atoms with Crippen LogP contribution in [0.25, 0.3) is 0 Å². The number of nitrogens with one attached hydrogen (secondary N) is 2. The fourth-order valence-electron chi connectivity index (χ4n) is 0.858. The van der Waals surface area contributed by atoms with Gasteiger partial charge in [0.15, 0.2) is 0 Å². The molecule has 0 bridgehead atoms. The van der Waals surface area contributed by atoms with Gasteiger partial charge in [-0.25, -0.2) is 18.6 Å². The van der Waals surface area contributed by atoms with E-state index >= 15 is 0 Å². The summed E-state index contributed by atoms with van der Waals surface area (Å²) in [4.78, 5) is 0. The predicted molar refractivity (Wildman–Crippen MR) is 54.2 cm³/mol. The summed E-state index contributed by atoms with van der Waals surface area (Å²) in [6, 6.07) is 0. The molecule has 76 valence electrons. The van der Waals surface area contributed by atoms with Crippen LogP contribution in [-0.4, -0.2) is 32.2 Å². The minimum atomic E-state index is -3.35. The lowest BCUT2D eigenvalue weighted by Gasteiger charge is -2.24. The first-order chi connectivity index (χ1) is 6.03. The number of hydrazine groups is 1. The van der Waals surface area contributed by atoms with Gasteiger partial charge < -0.3 is 0 Å². The zero-order chi connectivity index (χ0) is 10.1. The molecule has 0 fully saturated rings. The van der Waals surface area contributed by atoms with Crippen LogP contribution in [0, 0.1) is 0 Å². The molecule has 1 heterocycles. The van der Waals surface area contributed by atoms with Gasteiger partial charge in [-0.3, -0.25) is 5.01 Å². The summed E-state index contributed by atoms with van der Waals surface area (Å²) in [5.74, 6) is 0. The normalized spacial score (nSPS) is 23.5. The van der Waals surface area contributed by atoms with E-state index in [9.17, 15) is 8.42 Å². The van der Waals surface area contributed by atoms with Crippen molar-refractivity contribution in [3.8, 4) is 0 Å². The van der Waals surface area contributed by atoms with E-state index in [4.69, 9.17) is 11.6 Å². The average molecular weight is 244 g/mol. The zero-order valence-corrected chi connectivity index (χ0v) is 9.50. The Balaban J connectivity index is 2.87. The second-order valence-corrected chi connectivity index (χ2v) is 5.81. The largest absolute Gasteiger partial charge is 0.267 e. The van der Waals surface area contributed by atoms with Gasteiger partial charge in [0.1, 0.15) is 5.16 Å². The second kappa shape index (κ2) is 4.05. The molecule has 1 atom stereocenters. The Morgan fingerprint density at radius 1 is 1.62 bits per heavy atom. The number of nitrogens with zero attached hydrogens (tertiary/aromatic N) is 1. The molecule has 2 N–H and O–H groups in total. The minimum absolute atomic E-state index is 0.372. The third-order valence-electron chi connectivity index (χ3n) is 1.51. The highest BCUT2D eigenvalue weighted by molar-refractivity contribution is 8.14. The number of thioether (sulfide) groups is 1. The highest BCUT2D eigenvalue weighted by Gasteiger charge is 2.35. The number of hydrogen-bond donors (Lipinski definition) is 2. The van der Waals surface area contributed by atoms with E-state index < -0.39 is 14.7 Å². The molecule has 1 unspecified atom stereocenters. The molecule has 13 heavy (non-hydrogen) atoms. The molecule has 1 rings (SSSR count). The van der Waals surface area contributed by atoms with Gasteiger partial charge in [0, 0.05) is 12.5 Å². The van der Waals surface area contributed by atoms with E-state index in [1.807, 2.05) is 0 Å². The molecule has 1 aliphatic heterocycles. The highest BCUT2D eigenvalue weighted by Crippen LogP contribution is 2.33. The van der Waals surface area contributed by atoms with Crippen LogP contribution >= 0.6 is 23.4 Å². The first-order valence-electron chi connectivity index (χ1n) is 3.43. The first kappa shape index (κ1) is 11.1. The van der Waals surface area contributed by atoms with Crippen molar-refractivity contribution in [3.63, 3.8) is 0 Å². The van der Waals surface area contributed by atoms with E-state index in [-0.39, 0.29) is 0 Å². The molecule has 0 aromatic heterocycles. The molecule has 0 aromatic rings. The molecular formula is C5H10ClN3O2S2. The van der Waals surface area contributed by atoms with Gasteiger partial charge in [-0.05, 0) is 7.05 Å². The van der Waals surface area contributed by atoms with Crippen LogP contribution in [0.2, 0.25) is 0 Å². The summed E-state index contributed by atoms with van der Waals surface area (Å²) < 4.78 is 24.3. The van der Waals surface area contributed by atoms with Crippen molar-refractivity contribution < 1.29 is 8.42 Å². The molecule has 0 saturated heterocycles. The summed E-state index contributed by atoms with van der Waals surface area (Å²) in [5, 5.41) is 3.33. The van der Waals surface area contributed by atoms with E-state index in [2.05, 4.69) is 10.1 Å². The van der Waals surface area contributed by atoms with Gasteiger partial charge in [-0.2, -0.15) is 0 Å². The topological polar surface area (TPSA) is 61.4 Å². The number of rotatable bonds is 3. The maximum absolute atomic E-state index is 11.4. The van der Waals surface area contributed by atoms with Crippen LogP contribution in [0.5, 0.6) is 0 Å². The van der Waals surface area contributed by atoms with Crippen molar-refractivity contribution in [2.45, 2.75) is 4.71 Å². The molecule has 0 saturated carbocycles. The third-order valence-corrected chi connectivity index (χ3v) is 5.14. The van der Waals surface area contributed by atoms with Crippen LogP contribution in [0.15, 0.2) is 10.6 Å². The number of halogens is 1. The summed E-state index contributed by atoms with van der Waals surface area (Å²) >= 11 is 6.88. The molecule has 0 aliphatic carbocycles. The molecule has 0 aromatic carbocycles. The van der Waals surface area contributed by atoms with Crippen LogP contribution < -0.4 is 10.1 Å². The SMILES string of the molecule is CNN1C(Cl)=CSC1S(=O)(=O)NC. The molecule has 0 spiro atoms. The molecule has 1 aliphatic rings. The monoisotopic (exact) mass is 243 g/mol. The van der Waals surface area contributed by atoms with Gasteiger partial charge in [0.25, 0.3) is 0 Å². The Morgan fingerprint density at radius 3 is 2.69 bits per heavy atom. The van der Waals surface area contributed by atoms with Crippen LogP contribution in [-0.2, 0) is 10.0 Å². The van der Waals surface area contributed by atoms with E-state index in [1.165, 1.54) is 12.1 Å². The maximum Gasteiger partial charge on any atom is 0.244 e. The summed E-state index contributed by atoms with van der Waals surface area (Å²) in [6.45, 7) is 0. The van der Waals surface area contributed by atoms with Gasteiger partial charge in [0.2, 0.25) is 14.7 Å².